The number of halogens is 2. The van der Waals surface area contributed by atoms with E-state index < -0.39 is 0 Å². The molecule has 2 nitrogen and oxygen atoms in total. The highest BCUT2D eigenvalue weighted by Gasteiger charge is 2.30. The summed E-state index contributed by atoms with van der Waals surface area (Å²) in [6.07, 6.45) is 4.41. The quantitative estimate of drug-likeness (QED) is 0.726. The second kappa shape index (κ2) is 6.53. The first-order chi connectivity index (χ1) is 8.66. The molecule has 1 aromatic carbocycles. The number of benzene rings is 1. The number of hydrogen-bond acceptors (Lipinski definition) is 2. The minimum atomic E-state index is -0.233. The Morgan fingerprint density at radius 2 is 2.00 bits per heavy atom. The van der Waals surface area contributed by atoms with Crippen molar-refractivity contribution in [2.45, 2.75) is 12.8 Å². The fraction of sp³-hybridized carbons (Fsp3) is 0.357. The van der Waals surface area contributed by atoms with Gasteiger partial charge in [-0.05, 0) is 68.7 Å². The summed E-state index contributed by atoms with van der Waals surface area (Å²) in [6, 6.07) is 9.11. The molecule has 96 valence electrons. The zero-order valence-electron chi connectivity index (χ0n) is 9.81. The van der Waals surface area contributed by atoms with E-state index in [0.717, 1.165) is 16.2 Å². The third-order valence-electron chi connectivity index (χ3n) is 3.25. The van der Waals surface area contributed by atoms with Crippen molar-refractivity contribution in [1.82, 2.24) is 0 Å². The molecule has 18 heavy (non-hydrogen) atoms. The van der Waals surface area contributed by atoms with Crippen molar-refractivity contribution in [3.8, 4) is 0 Å². The molecule has 0 bridgehead atoms. The van der Waals surface area contributed by atoms with Crippen LogP contribution in [0.25, 0.3) is 0 Å². The standard InChI is InChI=1S/C14H14Br2O2/c15-13(16)8-11-6-7-12(11)9-18-14(17)10-4-2-1-3-5-10/h1-5,8,11-12H,6-7,9H2/t11-,12-/m1/s1. The van der Waals surface area contributed by atoms with Gasteiger partial charge in [-0.3, -0.25) is 0 Å². The lowest BCUT2D eigenvalue weighted by atomic mass is 9.74. The van der Waals surface area contributed by atoms with Crippen molar-refractivity contribution in [3.05, 3.63) is 45.4 Å². The van der Waals surface area contributed by atoms with Gasteiger partial charge in [-0.2, -0.15) is 0 Å². The molecular weight excluding hydrogens is 360 g/mol. The highest BCUT2D eigenvalue weighted by atomic mass is 79.9. The maximum atomic E-state index is 11.8. The van der Waals surface area contributed by atoms with Gasteiger partial charge in [0.25, 0.3) is 0 Å². The van der Waals surface area contributed by atoms with E-state index in [0.29, 0.717) is 24.0 Å². The molecule has 2 atom stereocenters. The minimum Gasteiger partial charge on any atom is -0.462 e. The Hall–Kier alpha value is -0.610. The van der Waals surface area contributed by atoms with Gasteiger partial charge < -0.3 is 4.74 Å². The number of carbonyl (C=O) groups excluding carboxylic acids is 1. The molecule has 4 heteroatoms. The first-order valence-electron chi connectivity index (χ1n) is 5.92. The van der Waals surface area contributed by atoms with E-state index >= 15 is 0 Å². The maximum absolute atomic E-state index is 11.8. The number of ether oxygens (including phenoxy) is 1. The van der Waals surface area contributed by atoms with Gasteiger partial charge in [-0.15, -0.1) is 0 Å². The number of rotatable bonds is 4. The first-order valence-corrected chi connectivity index (χ1v) is 7.50. The van der Waals surface area contributed by atoms with Crippen LogP contribution in [0.3, 0.4) is 0 Å². The number of allylic oxidation sites excluding steroid dienone is 1. The SMILES string of the molecule is O=C(OC[C@H]1CC[C@@H]1C=C(Br)Br)c1ccccc1. The zero-order chi connectivity index (χ0) is 13.0. The Morgan fingerprint density at radius 1 is 1.28 bits per heavy atom. The van der Waals surface area contributed by atoms with Crippen LogP contribution >= 0.6 is 31.9 Å². The molecule has 0 heterocycles. The predicted octanol–water partition coefficient (Wildman–Crippen LogP) is 4.50. The van der Waals surface area contributed by atoms with Gasteiger partial charge in [0.1, 0.15) is 0 Å². The van der Waals surface area contributed by atoms with Gasteiger partial charge in [0, 0.05) is 0 Å². The van der Waals surface area contributed by atoms with Crippen molar-refractivity contribution in [2.75, 3.05) is 6.61 Å². The van der Waals surface area contributed by atoms with Gasteiger partial charge in [0.05, 0.1) is 15.6 Å². The summed E-state index contributed by atoms with van der Waals surface area (Å²) in [5.74, 6) is 0.716. The van der Waals surface area contributed by atoms with Crippen molar-refractivity contribution in [3.63, 3.8) is 0 Å². The molecule has 0 radical (unpaired) electrons. The Balaban J connectivity index is 1.82. The second-order valence-electron chi connectivity index (χ2n) is 4.42. The van der Waals surface area contributed by atoms with Gasteiger partial charge >= 0.3 is 5.97 Å². The van der Waals surface area contributed by atoms with Crippen LogP contribution in [0.2, 0.25) is 0 Å². The smallest absolute Gasteiger partial charge is 0.338 e. The van der Waals surface area contributed by atoms with Crippen LogP contribution in [0, 0.1) is 11.8 Å². The summed E-state index contributed by atoms with van der Waals surface area (Å²) in [5.41, 5.74) is 0.616. The fourth-order valence-electron chi connectivity index (χ4n) is 2.02. The summed E-state index contributed by atoms with van der Waals surface area (Å²) in [7, 11) is 0. The van der Waals surface area contributed by atoms with E-state index in [1.54, 1.807) is 12.1 Å². The van der Waals surface area contributed by atoms with E-state index in [9.17, 15) is 4.79 Å². The number of carbonyl (C=O) groups is 1. The maximum Gasteiger partial charge on any atom is 0.338 e. The molecule has 1 aromatic rings. The van der Waals surface area contributed by atoms with Crippen molar-refractivity contribution in [1.29, 1.82) is 0 Å². The molecule has 1 saturated carbocycles. The Morgan fingerprint density at radius 3 is 2.56 bits per heavy atom. The van der Waals surface area contributed by atoms with Crippen LogP contribution in [-0.2, 0) is 4.74 Å². The van der Waals surface area contributed by atoms with Crippen molar-refractivity contribution < 1.29 is 9.53 Å². The van der Waals surface area contributed by atoms with E-state index in [-0.39, 0.29) is 5.97 Å². The Bertz CT molecular complexity index is 438. The fourth-order valence-corrected chi connectivity index (χ4v) is 2.70. The molecule has 0 unspecified atom stereocenters. The van der Waals surface area contributed by atoms with E-state index in [2.05, 4.69) is 37.9 Å². The monoisotopic (exact) mass is 372 g/mol. The third-order valence-corrected chi connectivity index (χ3v) is 3.78. The van der Waals surface area contributed by atoms with Crippen LogP contribution in [0.1, 0.15) is 23.2 Å². The van der Waals surface area contributed by atoms with Gasteiger partial charge in [0.15, 0.2) is 0 Å². The van der Waals surface area contributed by atoms with Crippen LogP contribution in [0.4, 0.5) is 0 Å². The van der Waals surface area contributed by atoms with Crippen LogP contribution in [-0.4, -0.2) is 12.6 Å². The normalized spacial score (nSPS) is 21.9. The summed E-state index contributed by atoms with van der Waals surface area (Å²) in [5, 5.41) is 0. The molecule has 0 saturated heterocycles. The molecule has 0 spiro atoms. The van der Waals surface area contributed by atoms with Crippen LogP contribution < -0.4 is 0 Å². The number of esters is 1. The molecule has 1 fully saturated rings. The predicted molar refractivity (Wildman–Crippen MR) is 78.9 cm³/mol. The molecule has 0 aromatic heterocycles. The van der Waals surface area contributed by atoms with Gasteiger partial charge in [-0.25, -0.2) is 4.79 Å². The molecule has 0 amide bonds. The summed E-state index contributed by atoms with van der Waals surface area (Å²) >= 11 is 6.73. The van der Waals surface area contributed by atoms with Crippen molar-refractivity contribution >= 4 is 37.8 Å². The average Bonchev–Trinajstić information content (AvgIpc) is 2.35. The minimum absolute atomic E-state index is 0.233. The van der Waals surface area contributed by atoms with Gasteiger partial charge in [0.2, 0.25) is 0 Å². The van der Waals surface area contributed by atoms with Crippen LogP contribution in [0.15, 0.2) is 39.8 Å². The zero-order valence-corrected chi connectivity index (χ0v) is 13.0. The average molecular weight is 374 g/mol. The van der Waals surface area contributed by atoms with E-state index in [1.165, 1.54) is 0 Å². The Labute approximate surface area is 124 Å². The highest BCUT2D eigenvalue weighted by Crippen LogP contribution is 2.37. The van der Waals surface area contributed by atoms with Crippen molar-refractivity contribution in [2.24, 2.45) is 11.8 Å². The highest BCUT2D eigenvalue weighted by molar-refractivity contribution is 9.28. The first kappa shape index (κ1) is 13.8. The molecule has 2 rings (SSSR count). The van der Waals surface area contributed by atoms with E-state index in [4.69, 9.17) is 4.74 Å². The molecule has 1 aliphatic carbocycles. The summed E-state index contributed by atoms with van der Waals surface area (Å²) in [6.45, 7) is 0.502. The number of hydrogen-bond donors (Lipinski definition) is 0. The molecule has 0 N–H and O–H groups in total. The summed E-state index contributed by atoms with van der Waals surface area (Å²) in [4.78, 5) is 11.8. The third kappa shape index (κ3) is 3.69. The topological polar surface area (TPSA) is 26.3 Å². The summed E-state index contributed by atoms with van der Waals surface area (Å²) < 4.78 is 6.32. The Kier molecular flexibility index (Phi) is 5.01. The largest absolute Gasteiger partial charge is 0.462 e. The van der Waals surface area contributed by atoms with Gasteiger partial charge in [-0.1, -0.05) is 24.3 Å². The van der Waals surface area contributed by atoms with E-state index in [1.807, 2.05) is 18.2 Å². The lowest BCUT2D eigenvalue weighted by molar-refractivity contribution is 0.0301. The molecule has 0 aliphatic heterocycles. The molecule has 1 aliphatic rings. The lowest BCUT2D eigenvalue weighted by Gasteiger charge is -2.34. The molecular formula is C14H14Br2O2. The second-order valence-corrected chi connectivity index (χ2v) is 7.19. The lowest BCUT2D eigenvalue weighted by Crippen LogP contribution is -2.29. The van der Waals surface area contributed by atoms with Crippen LogP contribution in [0.5, 0.6) is 0 Å².